The van der Waals surface area contributed by atoms with Crippen molar-refractivity contribution in [3.8, 4) is 22.4 Å². The van der Waals surface area contributed by atoms with E-state index in [0.717, 1.165) is 41.2 Å². The first kappa shape index (κ1) is 15.8. The molecule has 5 nitrogen and oxygen atoms in total. The molecule has 0 saturated carbocycles. The van der Waals surface area contributed by atoms with Crippen molar-refractivity contribution >= 4 is 23.2 Å². The zero-order valence-electron chi connectivity index (χ0n) is 13.6. The number of hydrogen-bond acceptors (Lipinski definition) is 4. The monoisotopic (exact) mass is 352 g/mol. The average Bonchev–Trinajstić information content (AvgIpc) is 3.08. The maximum Gasteiger partial charge on any atom is 0.159 e. The van der Waals surface area contributed by atoms with Gasteiger partial charge in [-0.25, -0.2) is 0 Å². The zero-order chi connectivity index (χ0) is 17.2. The first-order chi connectivity index (χ1) is 12.2. The molecule has 0 radical (unpaired) electrons. The van der Waals surface area contributed by atoms with Gasteiger partial charge in [-0.15, -0.1) is 0 Å². The summed E-state index contributed by atoms with van der Waals surface area (Å²) >= 11 is 6.02. The summed E-state index contributed by atoms with van der Waals surface area (Å²) in [5.74, 6) is 1.06. The number of anilines is 1. The number of Topliss-reactive ketones (excluding diaryl/α,β-unsaturated/α-hetero) is 1. The number of rotatable bonds is 3. The number of nitrogens with zero attached hydrogens (tertiary/aromatic N) is 3. The van der Waals surface area contributed by atoms with Gasteiger partial charge in [0.2, 0.25) is 0 Å². The van der Waals surface area contributed by atoms with E-state index in [-0.39, 0.29) is 5.78 Å². The van der Waals surface area contributed by atoms with E-state index in [0.29, 0.717) is 18.0 Å². The maximum atomic E-state index is 11.9. The number of benzene rings is 1. The number of carbonyl (C=O) groups excluding carboxylic acids is 1. The van der Waals surface area contributed by atoms with Crippen LogP contribution >= 0.6 is 11.6 Å². The number of ketones is 1. The van der Waals surface area contributed by atoms with Crippen LogP contribution in [0, 0.1) is 0 Å². The van der Waals surface area contributed by atoms with Crippen molar-refractivity contribution in [2.24, 2.45) is 0 Å². The molecular weight excluding hydrogens is 336 g/mol. The van der Waals surface area contributed by atoms with E-state index in [2.05, 4.69) is 20.1 Å². The van der Waals surface area contributed by atoms with E-state index in [1.165, 1.54) is 0 Å². The minimum absolute atomic E-state index is 0.253. The number of aromatic amines is 1. The van der Waals surface area contributed by atoms with Crippen LogP contribution in [0.1, 0.15) is 12.8 Å². The number of pyridine rings is 1. The first-order valence-electron chi connectivity index (χ1n) is 8.24. The Labute approximate surface area is 150 Å². The van der Waals surface area contributed by atoms with E-state index >= 15 is 0 Å². The lowest BCUT2D eigenvalue weighted by molar-refractivity contribution is -0.118. The normalized spacial score (nSPS) is 14.8. The van der Waals surface area contributed by atoms with Gasteiger partial charge in [-0.2, -0.15) is 5.10 Å². The highest BCUT2D eigenvalue weighted by molar-refractivity contribution is 6.30. The smallest absolute Gasteiger partial charge is 0.159 e. The number of nitrogens with one attached hydrogen (secondary N) is 1. The molecule has 3 heterocycles. The van der Waals surface area contributed by atoms with Gasteiger partial charge in [-0.3, -0.25) is 14.9 Å². The molecule has 2 aromatic heterocycles. The summed E-state index contributed by atoms with van der Waals surface area (Å²) in [5, 5.41) is 8.39. The number of hydrogen-bond donors (Lipinski definition) is 1. The van der Waals surface area contributed by atoms with Crippen LogP contribution in [0.25, 0.3) is 22.4 Å². The lowest BCUT2D eigenvalue weighted by atomic mass is 10.0. The van der Waals surface area contributed by atoms with Crippen molar-refractivity contribution in [3.63, 3.8) is 0 Å². The van der Waals surface area contributed by atoms with Gasteiger partial charge in [-0.05, 0) is 36.2 Å². The third kappa shape index (κ3) is 3.15. The summed E-state index contributed by atoms with van der Waals surface area (Å²) in [6, 6.07) is 11.6. The third-order valence-electron chi connectivity index (χ3n) is 4.40. The lowest BCUT2D eigenvalue weighted by Gasteiger charge is -2.26. The second-order valence-electron chi connectivity index (χ2n) is 6.10. The molecule has 1 aromatic carbocycles. The van der Waals surface area contributed by atoms with Gasteiger partial charge < -0.3 is 4.90 Å². The standard InChI is InChI=1S/C19H17ClN4O/c20-15-5-3-14(4-6-15)18-17(13-7-9-21-10-8-13)19(23-22-18)24-11-1-2-16(25)12-24/h3-10H,1-2,11-12H2,(H,22,23). The summed E-state index contributed by atoms with van der Waals surface area (Å²) in [6.07, 6.45) is 5.03. The van der Waals surface area contributed by atoms with Gasteiger partial charge in [0.1, 0.15) is 0 Å². The van der Waals surface area contributed by atoms with Crippen molar-refractivity contribution in [3.05, 3.63) is 53.8 Å². The number of H-pyrrole nitrogens is 1. The quantitative estimate of drug-likeness (QED) is 0.775. The lowest BCUT2D eigenvalue weighted by Crippen LogP contribution is -2.36. The summed E-state index contributed by atoms with van der Waals surface area (Å²) in [6.45, 7) is 1.23. The third-order valence-corrected chi connectivity index (χ3v) is 4.65. The number of halogens is 1. The Morgan fingerprint density at radius 3 is 2.52 bits per heavy atom. The Hall–Kier alpha value is -2.66. The van der Waals surface area contributed by atoms with Crippen LogP contribution in [-0.2, 0) is 4.79 Å². The Balaban J connectivity index is 1.85. The maximum absolute atomic E-state index is 11.9. The molecule has 0 amide bonds. The molecule has 6 heteroatoms. The molecule has 126 valence electrons. The number of piperidine rings is 1. The minimum Gasteiger partial charge on any atom is -0.347 e. The van der Waals surface area contributed by atoms with Gasteiger partial charge in [-0.1, -0.05) is 23.7 Å². The van der Waals surface area contributed by atoms with E-state index in [1.807, 2.05) is 36.4 Å². The highest BCUT2D eigenvalue weighted by atomic mass is 35.5. The number of aromatic nitrogens is 3. The minimum atomic E-state index is 0.253. The molecule has 1 aliphatic rings. The average molecular weight is 353 g/mol. The Morgan fingerprint density at radius 1 is 1.04 bits per heavy atom. The van der Waals surface area contributed by atoms with Crippen molar-refractivity contribution in [2.75, 3.05) is 18.0 Å². The Morgan fingerprint density at radius 2 is 1.80 bits per heavy atom. The highest BCUT2D eigenvalue weighted by Gasteiger charge is 2.25. The van der Waals surface area contributed by atoms with Crippen LogP contribution in [-0.4, -0.2) is 34.1 Å². The fourth-order valence-corrected chi connectivity index (χ4v) is 3.32. The summed E-state index contributed by atoms with van der Waals surface area (Å²) in [5.41, 5.74) is 3.91. The molecule has 3 aromatic rings. The molecule has 1 saturated heterocycles. The van der Waals surface area contributed by atoms with Gasteiger partial charge >= 0.3 is 0 Å². The van der Waals surface area contributed by atoms with Crippen molar-refractivity contribution in [1.82, 2.24) is 15.2 Å². The van der Waals surface area contributed by atoms with Gasteiger partial charge in [0, 0.05) is 35.9 Å². The molecule has 1 fully saturated rings. The molecule has 0 spiro atoms. The van der Waals surface area contributed by atoms with Gasteiger partial charge in [0.05, 0.1) is 17.8 Å². The van der Waals surface area contributed by atoms with E-state index in [4.69, 9.17) is 11.6 Å². The largest absolute Gasteiger partial charge is 0.347 e. The van der Waals surface area contributed by atoms with Crippen LogP contribution in [0.5, 0.6) is 0 Å². The second kappa shape index (κ2) is 6.69. The predicted octanol–water partition coefficient (Wildman–Crippen LogP) is 3.96. The molecular formula is C19H17ClN4O. The predicted molar refractivity (Wildman–Crippen MR) is 98.7 cm³/mol. The molecule has 4 rings (SSSR count). The van der Waals surface area contributed by atoms with Crippen molar-refractivity contribution in [1.29, 1.82) is 0 Å². The molecule has 0 atom stereocenters. The Bertz CT molecular complexity index is 890. The molecule has 0 bridgehead atoms. The van der Waals surface area contributed by atoms with Crippen molar-refractivity contribution in [2.45, 2.75) is 12.8 Å². The van der Waals surface area contributed by atoms with Gasteiger partial charge in [0.15, 0.2) is 11.6 Å². The highest BCUT2D eigenvalue weighted by Crippen LogP contribution is 2.38. The topological polar surface area (TPSA) is 61.9 Å². The number of carbonyl (C=O) groups is 1. The molecule has 1 N–H and O–H groups in total. The van der Waals surface area contributed by atoms with Crippen LogP contribution in [0.4, 0.5) is 5.82 Å². The van der Waals surface area contributed by atoms with Crippen LogP contribution in [0.3, 0.4) is 0 Å². The SMILES string of the molecule is O=C1CCCN(c2n[nH]c(-c3ccc(Cl)cc3)c2-c2ccncc2)C1. The first-order valence-corrected chi connectivity index (χ1v) is 8.61. The Kier molecular flexibility index (Phi) is 4.24. The molecule has 0 unspecified atom stereocenters. The second-order valence-corrected chi connectivity index (χ2v) is 6.54. The summed E-state index contributed by atoms with van der Waals surface area (Å²) in [7, 11) is 0. The fourth-order valence-electron chi connectivity index (χ4n) is 3.20. The van der Waals surface area contributed by atoms with Crippen molar-refractivity contribution < 1.29 is 4.79 Å². The van der Waals surface area contributed by atoms with Gasteiger partial charge in [0.25, 0.3) is 0 Å². The van der Waals surface area contributed by atoms with E-state index < -0.39 is 0 Å². The molecule has 0 aliphatic carbocycles. The van der Waals surface area contributed by atoms with E-state index in [1.54, 1.807) is 12.4 Å². The van der Waals surface area contributed by atoms with E-state index in [9.17, 15) is 4.79 Å². The summed E-state index contributed by atoms with van der Waals surface area (Å²) < 4.78 is 0. The molecule has 25 heavy (non-hydrogen) atoms. The van der Waals surface area contributed by atoms with Crippen LogP contribution < -0.4 is 4.90 Å². The fraction of sp³-hybridized carbons (Fsp3) is 0.211. The summed E-state index contributed by atoms with van der Waals surface area (Å²) in [4.78, 5) is 18.1. The van der Waals surface area contributed by atoms with Crippen LogP contribution in [0.2, 0.25) is 5.02 Å². The molecule has 1 aliphatic heterocycles. The zero-order valence-corrected chi connectivity index (χ0v) is 14.3. The van der Waals surface area contributed by atoms with Crippen LogP contribution in [0.15, 0.2) is 48.8 Å².